The maximum atomic E-state index is 3.94. The predicted octanol–water partition coefficient (Wildman–Crippen LogP) is 4.88. The minimum absolute atomic E-state index is 0.839. The van der Waals surface area contributed by atoms with Crippen LogP contribution in [0.25, 0.3) is 16.6 Å². The molecule has 0 N–H and O–H groups in total. The van der Waals surface area contributed by atoms with E-state index in [0.29, 0.717) is 0 Å². The van der Waals surface area contributed by atoms with E-state index in [-0.39, 0.29) is 0 Å². The SMILES string of the molecule is Cc1cn(CCCN2CCC(Cc3ccccc3)CC2)c2cc(-n3cnnc3)ccc12. The summed E-state index contributed by atoms with van der Waals surface area (Å²) in [6.07, 6.45) is 10.9. The van der Waals surface area contributed by atoms with Crippen LogP contribution in [-0.2, 0) is 13.0 Å². The molecule has 5 heteroatoms. The van der Waals surface area contributed by atoms with E-state index in [4.69, 9.17) is 0 Å². The molecule has 160 valence electrons. The highest BCUT2D eigenvalue weighted by molar-refractivity contribution is 5.85. The normalized spacial score (nSPS) is 15.6. The van der Waals surface area contributed by atoms with Crippen LogP contribution in [0.4, 0.5) is 0 Å². The number of likely N-dealkylation sites (tertiary alicyclic amines) is 1. The van der Waals surface area contributed by atoms with Crippen molar-refractivity contribution in [2.24, 2.45) is 5.92 Å². The molecule has 4 aromatic rings. The molecule has 0 aliphatic carbocycles. The minimum Gasteiger partial charge on any atom is -0.347 e. The first kappa shape index (κ1) is 20.0. The van der Waals surface area contributed by atoms with Crippen molar-refractivity contribution in [3.63, 3.8) is 0 Å². The minimum atomic E-state index is 0.839. The monoisotopic (exact) mass is 413 g/mol. The number of aryl methyl sites for hydroxylation is 2. The fourth-order valence-corrected chi connectivity index (χ4v) is 4.97. The number of hydrogen-bond acceptors (Lipinski definition) is 3. The van der Waals surface area contributed by atoms with Gasteiger partial charge in [0.15, 0.2) is 0 Å². The Morgan fingerprint density at radius 2 is 1.71 bits per heavy atom. The van der Waals surface area contributed by atoms with E-state index in [1.54, 1.807) is 12.7 Å². The highest BCUT2D eigenvalue weighted by atomic mass is 15.2. The van der Waals surface area contributed by atoms with Crippen molar-refractivity contribution in [2.45, 2.75) is 39.2 Å². The summed E-state index contributed by atoms with van der Waals surface area (Å²) in [7, 11) is 0. The van der Waals surface area contributed by atoms with E-state index in [2.05, 4.69) is 81.3 Å². The first-order chi connectivity index (χ1) is 15.3. The maximum absolute atomic E-state index is 3.94. The van der Waals surface area contributed by atoms with Crippen molar-refractivity contribution >= 4 is 10.9 Å². The number of hydrogen-bond donors (Lipinski definition) is 0. The summed E-state index contributed by atoms with van der Waals surface area (Å²) in [6.45, 7) is 6.91. The number of nitrogens with zero attached hydrogens (tertiary/aromatic N) is 5. The Hall–Kier alpha value is -2.92. The van der Waals surface area contributed by atoms with Crippen molar-refractivity contribution in [1.29, 1.82) is 0 Å². The number of aromatic nitrogens is 4. The largest absolute Gasteiger partial charge is 0.347 e. The smallest absolute Gasteiger partial charge is 0.123 e. The van der Waals surface area contributed by atoms with Gasteiger partial charge in [-0.3, -0.25) is 4.57 Å². The molecule has 1 saturated heterocycles. The Morgan fingerprint density at radius 3 is 2.48 bits per heavy atom. The lowest BCUT2D eigenvalue weighted by atomic mass is 9.90. The fourth-order valence-electron chi connectivity index (χ4n) is 4.97. The highest BCUT2D eigenvalue weighted by Gasteiger charge is 2.19. The molecular formula is C26H31N5. The third-order valence-corrected chi connectivity index (χ3v) is 6.73. The molecule has 2 aromatic heterocycles. The molecular weight excluding hydrogens is 382 g/mol. The van der Waals surface area contributed by atoms with Crippen LogP contribution >= 0.6 is 0 Å². The summed E-state index contributed by atoms with van der Waals surface area (Å²) in [6, 6.07) is 17.6. The summed E-state index contributed by atoms with van der Waals surface area (Å²) in [5.74, 6) is 0.839. The van der Waals surface area contributed by atoms with E-state index in [0.717, 1.165) is 18.2 Å². The summed E-state index contributed by atoms with van der Waals surface area (Å²) < 4.78 is 4.38. The van der Waals surface area contributed by atoms with E-state index >= 15 is 0 Å². The summed E-state index contributed by atoms with van der Waals surface area (Å²) in [4.78, 5) is 2.66. The number of rotatable bonds is 7. The van der Waals surface area contributed by atoms with E-state index in [9.17, 15) is 0 Å². The van der Waals surface area contributed by atoms with Gasteiger partial charge in [-0.1, -0.05) is 36.4 Å². The van der Waals surface area contributed by atoms with E-state index in [1.807, 2.05) is 4.57 Å². The molecule has 3 heterocycles. The molecule has 1 aliphatic rings. The quantitative estimate of drug-likeness (QED) is 0.434. The zero-order chi connectivity index (χ0) is 21.0. The lowest BCUT2D eigenvalue weighted by molar-refractivity contribution is 0.180. The van der Waals surface area contributed by atoms with Crippen LogP contribution in [0.2, 0.25) is 0 Å². The molecule has 1 aliphatic heterocycles. The van der Waals surface area contributed by atoms with E-state index < -0.39 is 0 Å². The van der Waals surface area contributed by atoms with Gasteiger partial charge in [-0.15, -0.1) is 10.2 Å². The number of fused-ring (bicyclic) bond motifs is 1. The first-order valence-electron chi connectivity index (χ1n) is 11.5. The van der Waals surface area contributed by atoms with Crippen LogP contribution in [0.3, 0.4) is 0 Å². The molecule has 31 heavy (non-hydrogen) atoms. The standard InChI is InChI=1S/C26H31N5/c1-21-18-30(26-17-24(8-9-25(21)26)31-19-27-28-20-31)13-5-12-29-14-10-23(11-15-29)16-22-6-3-2-4-7-22/h2-4,6-9,17-20,23H,5,10-16H2,1H3. The lowest BCUT2D eigenvalue weighted by Gasteiger charge is -2.32. The summed E-state index contributed by atoms with van der Waals surface area (Å²) in [5, 5.41) is 9.21. The Labute approximate surface area is 184 Å². The molecule has 0 atom stereocenters. The second kappa shape index (κ2) is 9.06. The van der Waals surface area contributed by atoms with Gasteiger partial charge < -0.3 is 9.47 Å². The van der Waals surface area contributed by atoms with Crippen molar-refractivity contribution in [1.82, 2.24) is 24.2 Å². The third kappa shape index (κ3) is 4.57. The molecule has 5 nitrogen and oxygen atoms in total. The average molecular weight is 414 g/mol. The topological polar surface area (TPSA) is 38.9 Å². The molecule has 5 rings (SSSR count). The summed E-state index contributed by atoms with van der Waals surface area (Å²) in [5.41, 5.74) is 5.23. The Balaban J connectivity index is 1.16. The van der Waals surface area contributed by atoms with Gasteiger partial charge in [0.2, 0.25) is 0 Å². The molecule has 0 bridgehead atoms. The number of piperidine rings is 1. The Bertz CT molecular complexity index is 1110. The van der Waals surface area contributed by atoms with Gasteiger partial charge in [0.1, 0.15) is 12.7 Å². The van der Waals surface area contributed by atoms with Gasteiger partial charge >= 0.3 is 0 Å². The van der Waals surface area contributed by atoms with Crippen molar-refractivity contribution in [3.05, 3.63) is 78.5 Å². The van der Waals surface area contributed by atoms with Crippen LogP contribution < -0.4 is 0 Å². The molecule has 0 radical (unpaired) electrons. The van der Waals surface area contributed by atoms with Gasteiger partial charge in [0, 0.05) is 18.1 Å². The Morgan fingerprint density at radius 1 is 0.935 bits per heavy atom. The zero-order valence-corrected chi connectivity index (χ0v) is 18.3. The molecule has 0 saturated carbocycles. The second-order valence-electron chi connectivity index (χ2n) is 8.90. The zero-order valence-electron chi connectivity index (χ0n) is 18.3. The van der Waals surface area contributed by atoms with Gasteiger partial charge in [0.25, 0.3) is 0 Å². The van der Waals surface area contributed by atoms with Crippen LogP contribution in [0.1, 0.15) is 30.4 Å². The molecule has 0 spiro atoms. The van der Waals surface area contributed by atoms with Crippen molar-refractivity contribution in [2.75, 3.05) is 19.6 Å². The maximum Gasteiger partial charge on any atom is 0.123 e. The highest BCUT2D eigenvalue weighted by Crippen LogP contribution is 2.25. The van der Waals surface area contributed by atoms with Crippen LogP contribution in [0.5, 0.6) is 0 Å². The van der Waals surface area contributed by atoms with Gasteiger partial charge in [-0.05, 0) is 81.4 Å². The van der Waals surface area contributed by atoms with Crippen LogP contribution in [0.15, 0.2) is 67.4 Å². The van der Waals surface area contributed by atoms with Gasteiger partial charge in [0.05, 0.1) is 11.2 Å². The summed E-state index contributed by atoms with van der Waals surface area (Å²) >= 11 is 0. The van der Waals surface area contributed by atoms with Gasteiger partial charge in [-0.2, -0.15) is 0 Å². The fraction of sp³-hybridized carbons (Fsp3) is 0.385. The van der Waals surface area contributed by atoms with Gasteiger partial charge in [-0.25, -0.2) is 0 Å². The van der Waals surface area contributed by atoms with Crippen LogP contribution in [0, 0.1) is 12.8 Å². The first-order valence-corrected chi connectivity index (χ1v) is 11.5. The van der Waals surface area contributed by atoms with Crippen molar-refractivity contribution in [3.8, 4) is 5.69 Å². The number of benzene rings is 2. The van der Waals surface area contributed by atoms with Crippen LogP contribution in [-0.4, -0.2) is 43.9 Å². The Kier molecular flexibility index (Phi) is 5.85. The van der Waals surface area contributed by atoms with Crippen molar-refractivity contribution < 1.29 is 0 Å². The molecule has 2 aromatic carbocycles. The lowest BCUT2D eigenvalue weighted by Crippen LogP contribution is -2.35. The third-order valence-electron chi connectivity index (χ3n) is 6.73. The molecule has 0 amide bonds. The van der Waals surface area contributed by atoms with E-state index in [1.165, 1.54) is 67.3 Å². The predicted molar refractivity (Wildman–Crippen MR) is 126 cm³/mol. The molecule has 0 unspecified atom stereocenters. The molecule has 1 fully saturated rings. The second-order valence-corrected chi connectivity index (χ2v) is 8.90. The average Bonchev–Trinajstić information content (AvgIpc) is 3.44.